The predicted octanol–water partition coefficient (Wildman–Crippen LogP) is 4.81. The largest absolute Gasteiger partial charge is 0.480 e. The van der Waals surface area contributed by atoms with Gasteiger partial charge in [0.2, 0.25) is 5.91 Å². The molecule has 0 saturated carbocycles. The maximum Gasteiger partial charge on any atom is 0.326 e. The van der Waals surface area contributed by atoms with Gasteiger partial charge in [0, 0.05) is 6.42 Å². The summed E-state index contributed by atoms with van der Waals surface area (Å²) in [5, 5.41) is 14.4. The van der Waals surface area contributed by atoms with E-state index >= 15 is 0 Å². The van der Waals surface area contributed by atoms with Crippen LogP contribution in [0.3, 0.4) is 0 Å². The lowest BCUT2D eigenvalue weighted by molar-refractivity contribution is -0.160. The molecule has 0 aliphatic heterocycles. The first-order valence-electron chi connectivity index (χ1n) is 11.7. The zero-order valence-electron chi connectivity index (χ0n) is 20.9. The van der Waals surface area contributed by atoms with Crippen molar-refractivity contribution in [3.63, 3.8) is 0 Å². The van der Waals surface area contributed by atoms with Crippen molar-refractivity contribution in [1.82, 2.24) is 5.32 Å². The van der Waals surface area contributed by atoms with Crippen LogP contribution in [0, 0.1) is 0 Å². The lowest BCUT2D eigenvalue weighted by atomic mass is 9.84. The molecule has 6 nitrogen and oxygen atoms in total. The number of hydrogen-bond acceptors (Lipinski definition) is 4. The summed E-state index contributed by atoms with van der Waals surface area (Å²) in [7, 11) is 0. The molecular formula is C29H33NO5. The summed E-state index contributed by atoms with van der Waals surface area (Å²) in [4.78, 5) is 37.1. The fraction of sp³-hybridized carbons (Fsp3) is 0.345. The molecule has 3 rings (SSSR count). The van der Waals surface area contributed by atoms with Crippen molar-refractivity contribution in [2.45, 2.75) is 64.5 Å². The molecule has 6 heteroatoms. The molecule has 1 amide bonds. The van der Waals surface area contributed by atoms with Crippen LogP contribution in [-0.2, 0) is 37.4 Å². The molecule has 0 saturated heterocycles. The topological polar surface area (TPSA) is 92.7 Å². The number of benzene rings is 3. The van der Waals surface area contributed by atoms with Gasteiger partial charge in [0.1, 0.15) is 11.6 Å². The molecule has 0 fully saturated rings. The Labute approximate surface area is 206 Å². The number of carboxylic acids is 1. The Morgan fingerprint density at radius 2 is 1.46 bits per heavy atom. The summed E-state index contributed by atoms with van der Waals surface area (Å²) in [6, 6.07) is 19.7. The second-order valence-electron chi connectivity index (χ2n) is 10.3. The molecule has 35 heavy (non-hydrogen) atoms. The Morgan fingerprint density at radius 3 is 2.06 bits per heavy atom. The van der Waals surface area contributed by atoms with Crippen LogP contribution in [0.15, 0.2) is 66.7 Å². The summed E-state index contributed by atoms with van der Waals surface area (Å²) in [6.45, 7) is 9.06. The first-order chi connectivity index (χ1) is 16.3. The molecule has 0 bridgehead atoms. The molecule has 2 N–H and O–H groups in total. The highest BCUT2D eigenvalue weighted by Crippen LogP contribution is 2.27. The quantitative estimate of drug-likeness (QED) is 0.456. The summed E-state index contributed by atoms with van der Waals surface area (Å²) in [5.41, 5.74) is 0.883. The molecule has 1 unspecified atom stereocenters. The van der Waals surface area contributed by atoms with Crippen LogP contribution in [0.5, 0.6) is 0 Å². The second-order valence-corrected chi connectivity index (χ2v) is 10.3. The Hall–Kier alpha value is -3.67. The molecule has 3 aromatic rings. The molecule has 0 aliphatic rings. The monoisotopic (exact) mass is 475 g/mol. The SMILES string of the molecule is CC(C)(C)OC(=O)C(C)(C)c1ccc(CC(NC(=O)Cc2ccc3ccccc3c2)C(=O)O)cc1. The van der Waals surface area contributed by atoms with E-state index in [0.717, 1.165) is 27.5 Å². The number of carbonyl (C=O) groups is 3. The molecule has 0 heterocycles. The van der Waals surface area contributed by atoms with Crippen LogP contribution < -0.4 is 5.32 Å². The van der Waals surface area contributed by atoms with Crippen LogP contribution in [0.4, 0.5) is 0 Å². The van der Waals surface area contributed by atoms with Gasteiger partial charge in [-0.15, -0.1) is 0 Å². The third-order valence-electron chi connectivity index (χ3n) is 5.84. The predicted molar refractivity (Wildman–Crippen MR) is 136 cm³/mol. The lowest BCUT2D eigenvalue weighted by Crippen LogP contribution is -2.43. The van der Waals surface area contributed by atoms with Crippen LogP contribution >= 0.6 is 0 Å². The molecule has 1 atom stereocenters. The smallest absolute Gasteiger partial charge is 0.326 e. The first-order valence-corrected chi connectivity index (χ1v) is 11.7. The van der Waals surface area contributed by atoms with E-state index in [1.165, 1.54) is 0 Å². The average Bonchev–Trinajstić information content (AvgIpc) is 2.77. The van der Waals surface area contributed by atoms with Gasteiger partial charge in [-0.2, -0.15) is 0 Å². The fourth-order valence-electron chi connectivity index (χ4n) is 3.80. The minimum atomic E-state index is -1.10. The summed E-state index contributed by atoms with van der Waals surface area (Å²) >= 11 is 0. The minimum Gasteiger partial charge on any atom is -0.480 e. The van der Waals surface area contributed by atoms with E-state index in [2.05, 4.69) is 5.32 Å². The highest BCUT2D eigenvalue weighted by Gasteiger charge is 2.34. The zero-order chi connectivity index (χ0) is 25.8. The van der Waals surface area contributed by atoms with Gasteiger partial charge in [-0.25, -0.2) is 4.79 Å². The molecule has 0 spiro atoms. The Bertz CT molecular complexity index is 1220. The molecule has 0 aromatic heterocycles. The van der Waals surface area contributed by atoms with Crippen molar-refractivity contribution in [2.24, 2.45) is 0 Å². The highest BCUT2D eigenvalue weighted by atomic mass is 16.6. The Balaban J connectivity index is 1.65. The number of carboxylic acid groups (broad SMARTS) is 1. The Morgan fingerprint density at radius 1 is 0.857 bits per heavy atom. The number of esters is 1. The van der Waals surface area contributed by atoms with Gasteiger partial charge >= 0.3 is 11.9 Å². The summed E-state index contributed by atoms with van der Waals surface area (Å²) < 4.78 is 5.54. The van der Waals surface area contributed by atoms with E-state index < -0.39 is 23.0 Å². The van der Waals surface area contributed by atoms with E-state index in [1.54, 1.807) is 38.1 Å². The van der Waals surface area contributed by atoms with Gasteiger partial charge < -0.3 is 15.2 Å². The maximum atomic E-state index is 12.6. The second kappa shape index (κ2) is 10.3. The van der Waals surface area contributed by atoms with E-state index in [4.69, 9.17) is 4.74 Å². The zero-order valence-corrected chi connectivity index (χ0v) is 20.9. The average molecular weight is 476 g/mol. The molecular weight excluding hydrogens is 442 g/mol. The fourth-order valence-corrected chi connectivity index (χ4v) is 3.80. The summed E-state index contributed by atoms with van der Waals surface area (Å²) in [5.74, 6) is -1.78. The number of carbonyl (C=O) groups excluding carboxylic acids is 2. The Kier molecular flexibility index (Phi) is 7.64. The minimum absolute atomic E-state index is 0.0949. The number of rotatable bonds is 8. The van der Waals surface area contributed by atoms with Crippen LogP contribution in [-0.4, -0.2) is 34.6 Å². The summed E-state index contributed by atoms with van der Waals surface area (Å²) in [6.07, 6.45) is 0.226. The highest BCUT2D eigenvalue weighted by molar-refractivity contribution is 5.87. The van der Waals surface area contributed by atoms with Gasteiger partial charge in [0.05, 0.1) is 11.8 Å². The maximum absolute atomic E-state index is 12.6. The molecule has 0 radical (unpaired) electrons. The number of nitrogens with one attached hydrogen (secondary N) is 1. The van der Waals surface area contributed by atoms with Crippen LogP contribution in [0.2, 0.25) is 0 Å². The van der Waals surface area contributed by atoms with E-state index in [1.807, 2.05) is 63.2 Å². The van der Waals surface area contributed by atoms with E-state index in [0.29, 0.717) is 0 Å². The van der Waals surface area contributed by atoms with Crippen LogP contribution in [0.1, 0.15) is 51.3 Å². The van der Waals surface area contributed by atoms with E-state index in [9.17, 15) is 19.5 Å². The van der Waals surface area contributed by atoms with Crippen molar-refractivity contribution in [1.29, 1.82) is 0 Å². The third-order valence-corrected chi connectivity index (χ3v) is 5.84. The normalized spacial score (nSPS) is 12.7. The number of amides is 1. The number of aliphatic carboxylic acids is 1. The van der Waals surface area contributed by atoms with Gasteiger partial charge in [0.25, 0.3) is 0 Å². The van der Waals surface area contributed by atoms with Crippen molar-refractivity contribution < 1.29 is 24.2 Å². The number of ether oxygens (including phenoxy) is 1. The van der Waals surface area contributed by atoms with Gasteiger partial charge in [-0.3, -0.25) is 9.59 Å². The van der Waals surface area contributed by atoms with Crippen molar-refractivity contribution >= 4 is 28.6 Å². The van der Waals surface area contributed by atoms with Gasteiger partial charge in [-0.1, -0.05) is 66.7 Å². The van der Waals surface area contributed by atoms with Crippen molar-refractivity contribution in [3.05, 3.63) is 83.4 Å². The van der Waals surface area contributed by atoms with Gasteiger partial charge in [0.15, 0.2) is 0 Å². The standard InChI is InChI=1S/C29H33NO5/c1-28(2,3)35-27(34)29(4,5)23-14-11-19(12-15-23)17-24(26(32)33)30-25(31)18-20-10-13-21-8-6-7-9-22(21)16-20/h6-16,24H,17-18H2,1-5H3,(H,30,31)(H,32,33). The number of hydrogen-bond donors (Lipinski definition) is 2. The van der Waals surface area contributed by atoms with E-state index in [-0.39, 0.29) is 24.7 Å². The molecule has 3 aromatic carbocycles. The first kappa shape index (κ1) is 25.9. The third kappa shape index (κ3) is 6.92. The van der Waals surface area contributed by atoms with Gasteiger partial charge in [-0.05, 0) is 62.1 Å². The molecule has 184 valence electrons. The van der Waals surface area contributed by atoms with Crippen molar-refractivity contribution in [3.8, 4) is 0 Å². The number of fused-ring (bicyclic) bond motifs is 1. The molecule has 0 aliphatic carbocycles. The van der Waals surface area contributed by atoms with Crippen molar-refractivity contribution in [2.75, 3.05) is 0 Å². The lowest BCUT2D eigenvalue weighted by Gasteiger charge is -2.29. The van der Waals surface area contributed by atoms with Crippen LogP contribution in [0.25, 0.3) is 10.8 Å².